The molecule has 0 spiro atoms. The number of aryl methyl sites for hydroxylation is 2. The van der Waals surface area contributed by atoms with E-state index in [1.165, 1.54) is 22.1 Å². The molecule has 0 unspecified atom stereocenters. The number of amides is 1. The molecule has 1 amide bonds. The summed E-state index contributed by atoms with van der Waals surface area (Å²) in [5.74, 6) is -0.0165. The van der Waals surface area contributed by atoms with Crippen LogP contribution in [0.1, 0.15) is 16.7 Å². The summed E-state index contributed by atoms with van der Waals surface area (Å²) in [7, 11) is 0. The minimum Gasteiger partial charge on any atom is -0.361 e. The van der Waals surface area contributed by atoms with Gasteiger partial charge in [-0.1, -0.05) is 24.3 Å². The average molecular weight is 321 g/mol. The molecule has 3 rings (SSSR count). The third kappa shape index (κ3) is 3.84. The van der Waals surface area contributed by atoms with Crippen LogP contribution in [0.5, 0.6) is 0 Å². The zero-order valence-corrected chi connectivity index (χ0v) is 14.1. The molecule has 3 aromatic rings. The quantitative estimate of drug-likeness (QED) is 0.608. The van der Waals surface area contributed by atoms with Crippen LogP contribution in [0.4, 0.5) is 5.69 Å². The van der Waals surface area contributed by atoms with Gasteiger partial charge in [-0.2, -0.15) is 0 Å². The summed E-state index contributed by atoms with van der Waals surface area (Å²) in [6.45, 7) is 5.19. The summed E-state index contributed by atoms with van der Waals surface area (Å²) in [5.41, 5.74) is 5.68. The number of H-pyrrole nitrogens is 1. The number of benzene rings is 2. The number of aromatic nitrogens is 1. The summed E-state index contributed by atoms with van der Waals surface area (Å²) in [6, 6.07) is 14.2. The average Bonchev–Trinajstić information content (AvgIpc) is 2.98. The van der Waals surface area contributed by atoms with Gasteiger partial charge in [-0.25, -0.2) is 0 Å². The normalized spacial score (nSPS) is 10.9. The van der Waals surface area contributed by atoms with Gasteiger partial charge >= 0.3 is 0 Å². The predicted octanol–water partition coefficient (Wildman–Crippen LogP) is 3.56. The van der Waals surface area contributed by atoms with Gasteiger partial charge in [0.25, 0.3) is 0 Å². The first-order valence-corrected chi connectivity index (χ1v) is 8.26. The van der Waals surface area contributed by atoms with E-state index in [1.807, 2.05) is 43.5 Å². The molecule has 2 aromatic carbocycles. The summed E-state index contributed by atoms with van der Waals surface area (Å²) in [5, 5.41) is 7.38. The third-order valence-electron chi connectivity index (χ3n) is 4.32. The lowest BCUT2D eigenvalue weighted by atomic mass is 10.1. The Labute approximate surface area is 142 Å². The van der Waals surface area contributed by atoms with Gasteiger partial charge in [-0.15, -0.1) is 0 Å². The van der Waals surface area contributed by atoms with E-state index in [4.69, 9.17) is 0 Å². The number of carbonyl (C=O) groups excluding carboxylic acids is 1. The second-order valence-corrected chi connectivity index (χ2v) is 6.13. The Hall–Kier alpha value is -2.59. The first-order chi connectivity index (χ1) is 11.6. The first kappa shape index (κ1) is 16.3. The molecule has 0 saturated heterocycles. The molecular formula is C20H23N3O. The Morgan fingerprint density at radius 3 is 2.75 bits per heavy atom. The number of hydrogen-bond donors (Lipinski definition) is 3. The van der Waals surface area contributed by atoms with Crippen LogP contribution in [0.15, 0.2) is 48.7 Å². The van der Waals surface area contributed by atoms with Crippen LogP contribution < -0.4 is 10.6 Å². The van der Waals surface area contributed by atoms with E-state index in [-0.39, 0.29) is 5.91 Å². The van der Waals surface area contributed by atoms with E-state index in [1.54, 1.807) is 0 Å². The largest absolute Gasteiger partial charge is 0.361 e. The van der Waals surface area contributed by atoms with E-state index in [2.05, 4.69) is 34.7 Å². The highest BCUT2D eigenvalue weighted by molar-refractivity contribution is 5.92. The second kappa shape index (κ2) is 7.32. The van der Waals surface area contributed by atoms with Crippen molar-refractivity contribution in [1.82, 2.24) is 10.3 Å². The fraction of sp³-hybridized carbons (Fsp3) is 0.250. The molecule has 3 N–H and O–H groups in total. The van der Waals surface area contributed by atoms with Crippen LogP contribution in [-0.2, 0) is 11.2 Å². The maximum Gasteiger partial charge on any atom is 0.238 e. The first-order valence-electron chi connectivity index (χ1n) is 8.26. The van der Waals surface area contributed by atoms with Gasteiger partial charge in [0, 0.05) is 22.8 Å². The van der Waals surface area contributed by atoms with Crippen LogP contribution in [-0.4, -0.2) is 24.0 Å². The monoisotopic (exact) mass is 321 g/mol. The molecule has 1 heterocycles. The maximum absolute atomic E-state index is 12.0. The Morgan fingerprint density at radius 1 is 1.08 bits per heavy atom. The SMILES string of the molecule is Cc1ccc(NC(=O)CNCCc2c[nH]c3ccccc23)cc1C. The van der Waals surface area contributed by atoms with Gasteiger partial charge < -0.3 is 15.6 Å². The van der Waals surface area contributed by atoms with Crippen molar-refractivity contribution in [3.63, 3.8) is 0 Å². The molecule has 0 aliphatic heterocycles. The standard InChI is InChI=1S/C20H23N3O/c1-14-7-8-17(11-15(14)2)23-20(24)13-21-10-9-16-12-22-19-6-4-3-5-18(16)19/h3-8,11-12,21-22H,9-10,13H2,1-2H3,(H,23,24). The molecule has 0 atom stereocenters. The fourth-order valence-electron chi connectivity index (χ4n) is 2.79. The minimum atomic E-state index is -0.0165. The van der Waals surface area contributed by atoms with Crippen LogP contribution in [0.25, 0.3) is 10.9 Å². The second-order valence-electron chi connectivity index (χ2n) is 6.13. The minimum absolute atomic E-state index is 0.0165. The van der Waals surface area contributed by atoms with E-state index < -0.39 is 0 Å². The summed E-state index contributed by atoms with van der Waals surface area (Å²) in [4.78, 5) is 15.3. The molecule has 4 heteroatoms. The number of carbonyl (C=O) groups is 1. The Kier molecular flexibility index (Phi) is 4.96. The van der Waals surface area contributed by atoms with E-state index >= 15 is 0 Å². The molecule has 0 fully saturated rings. The number of aromatic amines is 1. The summed E-state index contributed by atoms with van der Waals surface area (Å²) in [6.07, 6.45) is 2.93. The highest BCUT2D eigenvalue weighted by Crippen LogP contribution is 2.17. The molecule has 0 aliphatic carbocycles. The van der Waals surface area contributed by atoms with Crippen molar-refractivity contribution in [2.45, 2.75) is 20.3 Å². The van der Waals surface area contributed by atoms with Crippen LogP contribution in [0.2, 0.25) is 0 Å². The molecule has 0 aliphatic rings. The highest BCUT2D eigenvalue weighted by atomic mass is 16.1. The zero-order valence-electron chi connectivity index (χ0n) is 14.1. The van der Waals surface area contributed by atoms with E-state index in [0.29, 0.717) is 6.54 Å². The number of para-hydroxylation sites is 1. The molecule has 1 aromatic heterocycles. The Balaban J connectivity index is 1.46. The third-order valence-corrected chi connectivity index (χ3v) is 4.32. The van der Waals surface area contributed by atoms with Crippen LogP contribution in [0, 0.1) is 13.8 Å². The van der Waals surface area contributed by atoms with Gasteiger partial charge in [0.15, 0.2) is 0 Å². The lowest BCUT2D eigenvalue weighted by Gasteiger charge is -2.08. The van der Waals surface area contributed by atoms with Crippen LogP contribution >= 0.6 is 0 Å². The van der Waals surface area contributed by atoms with Crippen molar-refractivity contribution in [2.24, 2.45) is 0 Å². The lowest BCUT2D eigenvalue weighted by Crippen LogP contribution is -2.29. The molecule has 0 saturated carbocycles. The Bertz CT molecular complexity index is 851. The smallest absolute Gasteiger partial charge is 0.238 e. The predicted molar refractivity (Wildman–Crippen MR) is 99.4 cm³/mol. The van der Waals surface area contributed by atoms with Crippen molar-refractivity contribution in [3.05, 3.63) is 65.4 Å². The number of hydrogen-bond acceptors (Lipinski definition) is 2. The number of anilines is 1. The Morgan fingerprint density at radius 2 is 1.92 bits per heavy atom. The lowest BCUT2D eigenvalue weighted by molar-refractivity contribution is -0.115. The van der Waals surface area contributed by atoms with Crippen molar-refractivity contribution >= 4 is 22.5 Å². The number of nitrogens with one attached hydrogen (secondary N) is 3. The molecule has 4 nitrogen and oxygen atoms in total. The van der Waals surface area contributed by atoms with Crippen molar-refractivity contribution in [3.8, 4) is 0 Å². The molecule has 124 valence electrons. The summed E-state index contributed by atoms with van der Waals surface area (Å²) < 4.78 is 0. The molecule has 0 bridgehead atoms. The van der Waals surface area contributed by atoms with Gasteiger partial charge in [0.05, 0.1) is 6.54 Å². The summed E-state index contributed by atoms with van der Waals surface area (Å²) >= 11 is 0. The highest BCUT2D eigenvalue weighted by Gasteiger charge is 2.05. The van der Waals surface area contributed by atoms with E-state index in [9.17, 15) is 4.79 Å². The van der Waals surface area contributed by atoms with Gasteiger partial charge in [-0.3, -0.25) is 4.79 Å². The molecule has 24 heavy (non-hydrogen) atoms. The maximum atomic E-state index is 12.0. The molecular weight excluding hydrogens is 298 g/mol. The fourth-order valence-corrected chi connectivity index (χ4v) is 2.79. The van der Waals surface area contributed by atoms with Crippen molar-refractivity contribution < 1.29 is 4.79 Å². The van der Waals surface area contributed by atoms with Gasteiger partial charge in [-0.05, 0) is 61.7 Å². The van der Waals surface area contributed by atoms with Crippen molar-refractivity contribution in [1.29, 1.82) is 0 Å². The van der Waals surface area contributed by atoms with Gasteiger partial charge in [0.1, 0.15) is 0 Å². The van der Waals surface area contributed by atoms with Crippen molar-refractivity contribution in [2.75, 3.05) is 18.4 Å². The van der Waals surface area contributed by atoms with Crippen LogP contribution in [0.3, 0.4) is 0 Å². The van der Waals surface area contributed by atoms with Gasteiger partial charge in [0.2, 0.25) is 5.91 Å². The number of fused-ring (bicyclic) bond motifs is 1. The van der Waals surface area contributed by atoms with E-state index in [0.717, 1.165) is 24.2 Å². The zero-order chi connectivity index (χ0) is 16.9. The topological polar surface area (TPSA) is 56.9 Å². The molecule has 0 radical (unpaired) electrons. The number of rotatable bonds is 6.